The molecule has 0 unspecified atom stereocenters. The predicted molar refractivity (Wildman–Crippen MR) is 56.4 cm³/mol. The van der Waals surface area contributed by atoms with Gasteiger partial charge in [-0.1, -0.05) is 26.2 Å². The van der Waals surface area contributed by atoms with Crippen LogP contribution in [0.15, 0.2) is 0 Å². The molecule has 0 spiro atoms. The number of carboxylic acids is 1. The molecule has 0 bridgehead atoms. The number of unbranched alkanes of at least 4 members (excludes halogenated alkanes) is 2. The molecule has 0 radical (unpaired) electrons. The van der Waals surface area contributed by atoms with E-state index < -0.39 is 12.0 Å². The van der Waals surface area contributed by atoms with E-state index in [0.717, 1.165) is 32.1 Å². The van der Waals surface area contributed by atoms with Gasteiger partial charge in [0.2, 0.25) is 5.91 Å². The van der Waals surface area contributed by atoms with Crippen LogP contribution in [0.25, 0.3) is 0 Å². The zero-order valence-corrected chi connectivity index (χ0v) is 9.16. The summed E-state index contributed by atoms with van der Waals surface area (Å²) in [5, 5.41) is 11.5. The van der Waals surface area contributed by atoms with Crippen LogP contribution < -0.4 is 5.32 Å². The number of rotatable bonds is 7. The van der Waals surface area contributed by atoms with E-state index in [4.69, 9.17) is 5.11 Å². The maximum absolute atomic E-state index is 11.4. The van der Waals surface area contributed by atoms with Gasteiger partial charge in [-0.15, -0.1) is 0 Å². The van der Waals surface area contributed by atoms with Crippen LogP contribution in [0.1, 0.15) is 45.4 Å². The van der Waals surface area contributed by atoms with Gasteiger partial charge in [0.05, 0.1) is 0 Å². The quantitative estimate of drug-likeness (QED) is 0.630. The monoisotopic (exact) mass is 213 g/mol. The normalized spacial score (nSPS) is 17.1. The first-order valence-corrected chi connectivity index (χ1v) is 5.68. The number of hydrogen-bond acceptors (Lipinski definition) is 2. The van der Waals surface area contributed by atoms with Crippen LogP contribution in [0.5, 0.6) is 0 Å². The lowest BCUT2D eigenvalue weighted by atomic mass is 10.1. The van der Waals surface area contributed by atoms with Crippen molar-refractivity contribution in [1.82, 2.24) is 5.32 Å². The van der Waals surface area contributed by atoms with Crippen LogP contribution in [0.2, 0.25) is 0 Å². The fourth-order valence-electron chi connectivity index (χ4n) is 1.49. The van der Waals surface area contributed by atoms with E-state index in [0.29, 0.717) is 6.42 Å². The zero-order valence-electron chi connectivity index (χ0n) is 9.16. The third-order valence-electron chi connectivity index (χ3n) is 2.66. The molecule has 0 aromatic rings. The Morgan fingerprint density at radius 1 is 1.40 bits per heavy atom. The molecule has 2 N–H and O–H groups in total. The molecule has 1 atom stereocenters. The Labute approximate surface area is 90.0 Å². The molecular weight excluding hydrogens is 194 g/mol. The van der Waals surface area contributed by atoms with Gasteiger partial charge in [-0.25, -0.2) is 4.79 Å². The van der Waals surface area contributed by atoms with Gasteiger partial charge in [0, 0.05) is 5.92 Å². The maximum Gasteiger partial charge on any atom is 0.326 e. The fraction of sp³-hybridized carbons (Fsp3) is 0.818. The zero-order chi connectivity index (χ0) is 11.3. The van der Waals surface area contributed by atoms with Crippen molar-refractivity contribution in [2.24, 2.45) is 5.92 Å². The van der Waals surface area contributed by atoms with E-state index in [1.54, 1.807) is 0 Å². The number of carbonyl (C=O) groups is 2. The summed E-state index contributed by atoms with van der Waals surface area (Å²) in [5.74, 6) is -0.919. The summed E-state index contributed by atoms with van der Waals surface area (Å²) in [4.78, 5) is 22.2. The van der Waals surface area contributed by atoms with Crippen LogP contribution in [0, 0.1) is 5.92 Å². The summed E-state index contributed by atoms with van der Waals surface area (Å²) in [6, 6.07) is -0.690. The second kappa shape index (κ2) is 5.73. The number of nitrogens with one attached hydrogen (secondary N) is 1. The highest BCUT2D eigenvalue weighted by atomic mass is 16.4. The van der Waals surface area contributed by atoms with E-state index in [-0.39, 0.29) is 11.8 Å². The minimum absolute atomic E-state index is 0.0815. The van der Waals surface area contributed by atoms with Crippen LogP contribution >= 0.6 is 0 Å². The van der Waals surface area contributed by atoms with Crippen LogP contribution in [-0.4, -0.2) is 23.0 Å². The molecule has 1 amide bonds. The molecule has 1 saturated carbocycles. The van der Waals surface area contributed by atoms with Gasteiger partial charge < -0.3 is 10.4 Å². The van der Waals surface area contributed by atoms with Gasteiger partial charge in [-0.2, -0.15) is 0 Å². The molecule has 1 rings (SSSR count). The van der Waals surface area contributed by atoms with Crippen molar-refractivity contribution < 1.29 is 14.7 Å². The molecule has 86 valence electrons. The molecule has 4 nitrogen and oxygen atoms in total. The number of carboxylic acid groups (broad SMARTS) is 1. The van der Waals surface area contributed by atoms with E-state index >= 15 is 0 Å². The smallest absolute Gasteiger partial charge is 0.326 e. The Bertz CT molecular complexity index is 236. The van der Waals surface area contributed by atoms with Crippen molar-refractivity contribution in [3.8, 4) is 0 Å². The standard InChI is InChI=1S/C11H19NO3/c1-2-3-4-5-9(11(14)15)12-10(13)8-6-7-8/h8-9H,2-7H2,1H3,(H,12,13)(H,14,15)/t9-/m0/s1. The van der Waals surface area contributed by atoms with Gasteiger partial charge in [-0.05, 0) is 19.3 Å². The second-order valence-corrected chi connectivity index (χ2v) is 4.17. The largest absolute Gasteiger partial charge is 0.480 e. The first kappa shape index (κ1) is 12.0. The second-order valence-electron chi connectivity index (χ2n) is 4.17. The lowest BCUT2D eigenvalue weighted by Crippen LogP contribution is -2.41. The minimum atomic E-state index is -0.917. The Hall–Kier alpha value is -1.06. The number of amides is 1. The molecule has 4 heteroatoms. The summed E-state index contributed by atoms with van der Waals surface area (Å²) < 4.78 is 0. The molecule has 15 heavy (non-hydrogen) atoms. The maximum atomic E-state index is 11.4. The van der Waals surface area contributed by atoms with Crippen LogP contribution in [-0.2, 0) is 9.59 Å². The van der Waals surface area contributed by atoms with Crippen LogP contribution in [0.3, 0.4) is 0 Å². The molecule has 0 aromatic carbocycles. The Morgan fingerprint density at radius 3 is 2.53 bits per heavy atom. The fourth-order valence-corrected chi connectivity index (χ4v) is 1.49. The van der Waals surface area contributed by atoms with Crippen molar-refractivity contribution in [3.05, 3.63) is 0 Å². The van der Waals surface area contributed by atoms with Gasteiger partial charge in [0.25, 0.3) is 0 Å². The molecule has 1 fully saturated rings. The first-order valence-electron chi connectivity index (χ1n) is 5.68. The predicted octanol–water partition coefficient (Wildman–Crippen LogP) is 1.55. The summed E-state index contributed by atoms with van der Waals surface area (Å²) in [5.41, 5.74) is 0. The molecule has 0 aliphatic heterocycles. The molecule has 0 aromatic heterocycles. The summed E-state index contributed by atoms with van der Waals surface area (Å²) in [6.45, 7) is 2.07. The lowest BCUT2D eigenvalue weighted by Gasteiger charge is -2.13. The van der Waals surface area contributed by atoms with Gasteiger partial charge in [0.1, 0.15) is 6.04 Å². The van der Waals surface area contributed by atoms with Crippen LogP contribution in [0.4, 0.5) is 0 Å². The summed E-state index contributed by atoms with van der Waals surface area (Å²) in [6.07, 6.45) is 5.30. The van der Waals surface area contributed by atoms with E-state index in [1.165, 1.54) is 0 Å². The van der Waals surface area contributed by atoms with Crippen molar-refractivity contribution >= 4 is 11.9 Å². The van der Waals surface area contributed by atoms with E-state index in [9.17, 15) is 9.59 Å². The lowest BCUT2D eigenvalue weighted by molar-refractivity contribution is -0.142. The molecular formula is C11H19NO3. The van der Waals surface area contributed by atoms with E-state index in [2.05, 4.69) is 12.2 Å². The molecule has 0 saturated heterocycles. The third-order valence-corrected chi connectivity index (χ3v) is 2.66. The number of hydrogen-bond donors (Lipinski definition) is 2. The Balaban J connectivity index is 2.28. The summed E-state index contributed by atoms with van der Waals surface area (Å²) >= 11 is 0. The van der Waals surface area contributed by atoms with Crippen molar-refractivity contribution in [2.75, 3.05) is 0 Å². The molecule has 1 aliphatic carbocycles. The first-order chi connectivity index (χ1) is 7.15. The topological polar surface area (TPSA) is 66.4 Å². The third kappa shape index (κ3) is 4.32. The summed E-state index contributed by atoms with van der Waals surface area (Å²) in [7, 11) is 0. The van der Waals surface area contributed by atoms with E-state index in [1.807, 2.05) is 0 Å². The average Bonchev–Trinajstić information content (AvgIpc) is 2.99. The van der Waals surface area contributed by atoms with Gasteiger partial charge >= 0.3 is 5.97 Å². The van der Waals surface area contributed by atoms with Crippen molar-refractivity contribution in [3.63, 3.8) is 0 Å². The highest BCUT2D eigenvalue weighted by Crippen LogP contribution is 2.29. The van der Waals surface area contributed by atoms with Gasteiger partial charge in [0.15, 0.2) is 0 Å². The number of aliphatic carboxylic acids is 1. The molecule has 1 aliphatic rings. The Kier molecular flexibility index (Phi) is 4.59. The number of carbonyl (C=O) groups excluding carboxylic acids is 1. The van der Waals surface area contributed by atoms with Crippen molar-refractivity contribution in [1.29, 1.82) is 0 Å². The molecule has 0 heterocycles. The Morgan fingerprint density at radius 2 is 2.07 bits per heavy atom. The highest BCUT2D eigenvalue weighted by molar-refractivity contribution is 5.86. The SMILES string of the molecule is CCCCC[C@H](NC(=O)C1CC1)C(=O)O. The van der Waals surface area contributed by atoms with Crippen molar-refractivity contribution in [2.45, 2.75) is 51.5 Å². The highest BCUT2D eigenvalue weighted by Gasteiger charge is 2.32. The van der Waals surface area contributed by atoms with Gasteiger partial charge in [-0.3, -0.25) is 4.79 Å². The minimum Gasteiger partial charge on any atom is -0.480 e. The average molecular weight is 213 g/mol.